The lowest BCUT2D eigenvalue weighted by molar-refractivity contribution is -0.127. The van der Waals surface area contributed by atoms with Crippen LogP contribution >= 0.6 is 9.24 Å². The molecule has 1 aliphatic carbocycles. The van der Waals surface area contributed by atoms with Gasteiger partial charge < -0.3 is 4.74 Å². The van der Waals surface area contributed by atoms with E-state index in [1.165, 1.54) is 12.8 Å². The van der Waals surface area contributed by atoms with Crippen molar-refractivity contribution in [3.63, 3.8) is 0 Å². The second-order valence-electron chi connectivity index (χ2n) is 9.72. The molecule has 1 aliphatic rings. The van der Waals surface area contributed by atoms with Crippen molar-refractivity contribution in [1.29, 1.82) is 0 Å². The minimum absolute atomic E-state index is 0.0809. The molecule has 6 atom stereocenters. The quantitative estimate of drug-likeness (QED) is 0.570. The molecular weight excluding hydrogens is 275 g/mol. The molecule has 0 aromatic heterocycles. The van der Waals surface area contributed by atoms with Crippen LogP contribution in [0.4, 0.5) is 0 Å². The van der Waals surface area contributed by atoms with E-state index in [1.54, 1.807) is 0 Å². The van der Waals surface area contributed by atoms with Crippen molar-refractivity contribution in [2.24, 2.45) is 28.6 Å². The molecule has 0 heterocycles. The molecule has 0 saturated heterocycles. The van der Waals surface area contributed by atoms with Gasteiger partial charge in [-0.1, -0.05) is 55.4 Å². The van der Waals surface area contributed by atoms with E-state index in [9.17, 15) is 0 Å². The van der Waals surface area contributed by atoms with Crippen molar-refractivity contribution in [2.45, 2.75) is 93.0 Å². The predicted octanol–water partition coefficient (Wildman–Crippen LogP) is 6.13. The van der Waals surface area contributed by atoms with E-state index in [4.69, 9.17) is 4.74 Å². The van der Waals surface area contributed by atoms with Crippen LogP contribution in [-0.4, -0.2) is 11.4 Å². The van der Waals surface area contributed by atoms with Crippen LogP contribution in [0.2, 0.25) is 0 Å². The van der Waals surface area contributed by atoms with Gasteiger partial charge in [0.2, 0.25) is 0 Å². The minimum atomic E-state index is -0.0809. The van der Waals surface area contributed by atoms with E-state index in [0.717, 1.165) is 18.3 Å². The highest BCUT2D eigenvalue weighted by molar-refractivity contribution is 7.18. The summed E-state index contributed by atoms with van der Waals surface area (Å²) in [5.74, 6) is 2.18. The lowest BCUT2D eigenvalue weighted by atomic mass is 9.58. The van der Waals surface area contributed by atoms with Gasteiger partial charge in [-0.2, -0.15) is 0 Å². The van der Waals surface area contributed by atoms with Crippen molar-refractivity contribution < 1.29 is 4.74 Å². The maximum absolute atomic E-state index is 6.56. The Morgan fingerprint density at radius 1 is 0.905 bits per heavy atom. The highest BCUT2D eigenvalue weighted by Gasteiger charge is 2.45. The topological polar surface area (TPSA) is 9.23 Å². The Morgan fingerprint density at radius 3 is 1.76 bits per heavy atom. The molecule has 0 spiro atoms. The normalized spacial score (nSPS) is 34.6. The second kappa shape index (κ2) is 6.48. The van der Waals surface area contributed by atoms with Gasteiger partial charge in [-0.25, -0.2) is 0 Å². The van der Waals surface area contributed by atoms with Crippen LogP contribution < -0.4 is 0 Å². The highest BCUT2D eigenvalue weighted by Crippen LogP contribution is 2.50. The molecule has 0 radical (unpaired) electrons. The maximum atomic E-state index is 6.56. The highest BCUT2D eigenvalue weighted by atomic mass is 31.0. The van der Waals surface area contributed by atoms with Gasteiger partial charge in [0.25, 0.3) is 0 Å². The number of ether oxygens (including phenoxy) is 1. The van der Waals surface area contributed by atoms with E-state index < -0.39 is 0 Å². The molecule has 2 heteroatoms. The summed E-state index contributed by atoms with van der Waals surface area (Å²) in [6, 6.07) is 0. The SMILES string of the molecule is CCC(C)(P)OC1CC(C)C(C(C)(C)C)CC1C(C)(C)C. The third-order valence-electron chi connectivity index (χ3n) is 5.59. The standard InChI is InChI=1S/C19H39OP/c1-10-19(9,21)20-16-11-13(2)14(17(3,4)5)12-15(16)18(6,7)8/h13-16H,10-12,21H2,1-9H3. The first-order valence-corrected chi connectivity index (χ1v) is 9.32. The second-order valence-corrected chi connectivity index (χ2v) is 10.9. The summed E-state index contributed by atoms with van der Waals surface area (Å²) in [7, 11) is 2.92. The molecule has 0 amide bonds. The fourth-order valence-electron chi connectivity index (χ4n) is 4.03. The van der Waals surface area contributed by atoms with Crippen LogP contribution in [0.3, 0.4) is 0 Å². The van der Waals surface area contributed by atoms with Crippen LogP contribution in [0, 0.1) is 28.6 Å². The fraction of sp³-hybridized carbons (Fsp3) is 1.00. The fourth-order valence-corrected chi connectivity index (χ4v) is 4.21. The molecule has 1 fully saturated rings. The van der Waals surface area contributed by atoms with Gasteiger partial charge in [0, 0.05) is 0 Å². The predicted molar refractivity (Wildman–Crippen MR) is 97.6 cm³/mol. The molecule has 1 saturated carbocycles. The molecule has 21 heavy (non-hydrogen) atoms. The van der Waals surface area contributed by atoms with Crippen LogP contribution in [0.15, 0.2) is 0 Å². The first-order chi connectivity index (χ1) is 9.28. The van der Waals surface area contributed by atoms with E-state index in [2.05, 4.69) is 71.6 Å². The Morgan fingerprint density at radius 2 is 1.38 bits per heavy atom. The van der Waals surface area contributed by atoms with E-state index in [1.807, 2.05) is 0 Å². The average Bonchev–Trinajstić information content (AvgIpc) is 2.24. The monoisotopic (exact) mass is 314 g/mol. The molecule has 0 aromatic rings. The minimum Gasteiger partial charge on any atom is -0.368 e. The van der Waals surface area contributed by atoms with Crippen LogP contribution in [0.5, 0.6) is 0 Å². The van der Waals surface area contributed by atoms with Gasteiger partial charge in [0.1, 0.15) is 0 Å². The van der Waals surface area contributed by atoms with E-state index >= 15 is 0 Å². The largest absolute Gasteiger partial charge is 0.368 e. The Hall–Kier alpha value is 0.390. The third-order valence-corrected chi connectivity index (χ3v) is 6.14. The zero-order valence-corrected chi connectivity index (χ0v) is 17.1. The van der Waals surface area contributed by atoms with E-state index in [0.29, 0.717) is 22.9 Å². The van der Waals surface area contributed by atoms with Crippen LogP contribution in [0.25, 0.3) is 0 Å². The Balaban J connectivity index is 2.99. The van der Waals surface area contributed by atoms with Gasteiger partial charge >= 0.3 is 0 Å². The van der Waals surface area contributed by atoms with E-state index in [-0.39, 0.29) is 5.34 Å². The summed E-state index contributed by atoms with van der Waals surface area (Å²) in [6.45, 7) is 21.2. The number of hydrogen-bond acceptors (Lipinski definition) is 1. The molecule has 6 unspecified atom stereocenters. The molecule has 0 aliphatic heterocycles. The van der Waals surface area contributed by atoms with Gasteiger partial charge in [-0.3, -0.25) is 0 Å². The molecule has 1 rings (SSSR count). The molecule has 126 valence electrons. The van der Waals surface area contributed by atoms with Crippen molar-refractivity contribution in [1.82, 2.24) is 0 Å². The third kappa shape index (κ3) is 5.21. The smallest absolute Gasteiger partial charge is 0.0786 e. The maximum Gasteiger partial charge on any atom is 0.0786 e. The Bertz CT molecular complexity index is 334. The Labute approximate surface area is 136 Å². The van der Waals surface area contributed by atoms with Crippen molar-refractivity contribution in [3.8, 4) is 0 Å². The average molecular weight is 314 g/mol. The van der Waals surface area contributed by atoms with Crippen molar-refractivity contribution in [3.05, 3.63) is 0 Å². The van der Waals surface area contributed by atoms with Crippen LogP contribution in [-0.2, 0) is 4.74 Å². The first kappa shape index (κ1) is 19.4. The van der Waals surface area contributed by atoms with Crippen molar-refractivity contribution >= 4 is 9.24 Å². The summed E-state index contributed by atoms with van der Waals surface area (Å²) in [5.41, 5.74) is 0.700. The molecular formula is C19H39OP. The van der Waals surface area contributed by atoms with Gasteiger partial charge in [-0.05, 0) is 54.8 Å². The molecule has 0 bridgehead atoms. The summed E-state index contributed by atoms with van der Waals surface area (Å²) in [4.78, 5) is 0. The van der Waals surface area contributed by atoms with Gasteiger partial charge in [0.15, 0.2) is 0 Å². The zero-order valence-electron chi connectivity index (χ0n) is 15.9. The van der Waals surface area contributed by atoms with Gasteiger partial charge in [0.05, 0.1) is 11.4 Å². The lowest BCUT2D eigenvalue weighted by Crippen LogP contribution is -2.47. The molecule has 1 nitrogen and oxygen atoms in total. The Kier molecular flexibility index (Phi) is 6.00. The summed E-state index contributed by atoms with van der Waals surface area (Å²) in [5, 5.41) is -0.0809. The first-order valence-electron chi connectivity index (χ1n) is 8.74. The van der Waals surface area contributed by atoms with Crippen molar-refractivity contribution in [2.75, 3.05) is 0 Å². The summed E-state index contributed by atoms with van der Waals surface area (Å²) >= 11 is 0. The van der Waals surface area contributed by atoms with Crippen LogP contribution in [0.1, 0.15) is 81.6 Å². The number of hydrogen-bond donors (Lipinski definition) is 0. The molecule has 0 N–H and O–H groups in total. The molecule has 0 aromatic carbocycles. The summed E-state index contributed by atoms with van der Waals surface area (Å²) in [6.07, 6.45) is 3.93. The zero-order chi connectivity index (χ0) is 16.6. The number of rotatable bonds is 3. The summed E-state index contributed by atoms with van der Waals surface area (Å²) < 4.78 is 6.56. The van der Waals surface area contributed by atoms with Gasteiger partial charge in [-0.15, -0.1) is 9.24 Å². The lowest BCUT2D eigenvalue weighted by Gasteiger charge is -2.51.